The van der Waals surface area contributed by atoms with Gasteiger partial charge in [-0.3, -0.25) is 9.59 Å². The van der Waals surface area contributed by atoms with Gasteiger partial charge in [-0.2, -0.15) is 0 Å². The van der Waals surface area contributed by atoms with E-state index >= 15 is 0 Å². The summed E-state index contributed by atoms with van der Waals surface area (Å²) in [4.78, 5) is 24.4. The molecule has 4 nitrogen and oxygen atoms in total. The van der Waals surface area contributed by atoms with Crippen molar-refractivity contribution in [2.75, 3.05) is 19.5 Å². The van der Waals surface area contributed by atoms with Crippen LogP contribution in [-0.4, -0.2) is 35.0 Å². The number of thioether (sulfide) groups is 2. The second kappa shape index (κ2) is 13.5. The predicted molar refractivity (Wildman–Crippen MR) is 146 cm³/mol. The first-order valence-corrected chi connectivity index (χ1v) is 13.6. The van der Waals surface area contributed by atoms with E-state index < -0.39 is 5.60 Å². The summed E-state index contributed by atoms with van der Waals surface area (Å²) in [6, 6.07) is 28.1. The first kappa shape index (κ1) is 27.1. The Morgan fingerprint density at radius 2 is 1.29 bits per heavy atom. The molecule has 1 atom stereocenters. The molecule has 3 aromatic rings. The molecule has 0 aliphatic heterocycles. The van der Waals surface area contributed by atoms with E-state index in [1.807, 2.05) is 74.5 Å². The molecule has 0 unspecified atom stereocenters. The van der Waals surface area contributed by atoms with E-state index in [2.05, 4.69) is 24.3 Å². The van der Waals surface area contributed by atoms with Crippen LogP contribution in [0.3, 0.4) is 0 Å². The van der Waals surface area contributed by atoms with E-state index in [1.54, 1.807) is 7.11 Å². The van der Waals surface area contributed by atoms with Gasteiger partial charge in [0.05, 0.1) is 13.7 Å². The maximum atomic E-state index is 12.3. The molecule has 0 aliphatic carbocycles. The molecule has 0 heterocycles. The molecule has 0 N–H and O–H groups in total. The van der Waals surface area contributed by atoms with Crippen molar-refractivity contribution in [1.29, 1.82) is 0 Å². The molecule has 0 saturated heterocycles. The summed E-state index contributed by atoms with van der Waals surface area (Å²) in [5, 5.41) is 0.0534. The smallest absolute Gasteiger partial charge is 0.189 e. The molecule has 0 radical (unpaired) electrons. The van der Waals surface area contributed by atoms with Crippen LogP contribution in [0.4, 0.5) is 0 Å². The fraction of sp³-hybridized carbons (Fsp3) is 0.310. The second-order valence-electron chi connectivity index (χ2n) is 7.95. The standard InChI is InChI=1S/C29H32O4S2/c1-4-27(30)34-21-26(35-28(31)5-2)20-33-29(22-12-8-6-9-13-22,23-14-10-7-11-15-23)24-16-18-25(32-3)19-17-24/h6-19,26H,4-5,20-21H2,1-3H3/t26-/m1/s1. The van der Waals surface area contributed by atoms with Crippen LogP contribution in [0.1, 0.15) is 43.4 Å². The summed E-state index contributed by atoms with van der Waals surface area (Å²) in [5.41, 5.74) is 2.03. The van der Waals surface area contributed by atoms with Crippen molar-refractivity contribution >= 4 is 33.8 Å². The van der Waals surface area contributed by atoms with Gasteiger partial charge in [-0.05, 0) is 28.8 Å². The number of ether oxygens (including phenoxy) is 2. The number of carbonyl (C=O) groups excluding carboxylic acids is 2. The molecule has 184 valence electrons. The average molecular weight is 509 g/mol. The van der Waals surface area contributed by atoms with Gasteiger partial charge in [0.25, 0.3) is 0 Å². The molecule has 6 heteroatoms. The maximum Gasteiger partial charge on any atom is 0.189 e. The lowest BCUT2D eigenvalue weighted by molar-refractivity contribution is -0.111. The van der Waals surface area contributed by atoms with Gasteiger partial charge in [0.2, 0.25) is 0 Å². The zero-order valence-corrected chi connectivity index (χ0v) is 22.1. The van der Waals surface area contributed by atoms with Crippen LogP contribution in [0, 0.1) is 0 Å². The summed E-state index contributed by atoms with van der Waals surface area (Å²) in [7, 11) is 1.65. The third kappa shape index (κ3) is 7.00. The SMILES string of the molecule is CCC(=O)SC[C@@H](COC(c1ccccc1)(c1ccccc1)c1ccc(OC)cc1)SC(=O)CC. The van der Waals surface area contributed by atoms with E-state index in [9.17, 15) is 9.59 Å². The molecule has 0 aliphatic rings. The summed E-state index contributed by atoms with van der Waals surface area (Å²) < 4.78 is 12.3. The molecule has 0 bridgehead atoms. The normalized spacial score (nSPS) is 12.2. The van der Waals surface area contributed by atoms with Crippen LogP contribution in [-0.2, 0) is 19.9 Å². The van der Waals surface area contributed by atoms with Gasteiger partial charge < -0.3 is 9.47 Å². The summed E-state index contributed by atoms with van der Waals surface area (Å²) in [6.45, 7) is 4.01. The van der Waals surface area contributed by atoms with E-state index in [1.165, 1.54) is 23.5 Å². The zero-order valence-electron chi connectivity index (χ0n) is 20.4. The third-order valence-electron chi connectivity index (χ3n) is 5.65. The zero-order chi connectivity index (χ0) is 25.1. The van der Waals surface area contributed by atoms with Crippen molar-refractivity contribution in [3.63, 3.8) is 0 Å². The summed E-state index contributed by atoms with van der Waals surface area (Å²) in [6.07, 6.45) is 0.906. The minimum absolute atomic E-state index is 0.0950. The van der Waals surface area contributed by atoms with Gasteiger partial charge in [0.1, 0.15) is 11.4 Å². The summed E-state index contributed by atoms with van der Waals surface area (Å²) >= 11 is 2.54. The van der Waals surface area contributed by atoms with E-state index in [0.717, 1.165) is 22.4 Å². The molecule has 3 rings (SSSR count). The van der Waals surface area contributed by atoms with Crippen molar-refractivity contribution in [3.05, 3.63) is 102 Å². The Labute approximate surface area is 216 Å². The fourth-order valence-electron chi connectivity index (χ4n) is 3.81. The molecule has 0 fully saturated rings. The Hall–Kier alpha value is -2.54. The lowest BCUT2D eigenvalue weighted by atomic mass is 9.80. The Morgan fingerprint density at radius 3 is 1.77 bits per heavy atom. The molecule has 35 heavy (non-hydrogen) atoms. The van der Waals surface area contributed by atoms with Gasteiger partial charge in [0.15, 0.2) is 10.2 Å². The molecule has 0 amide bonds. The van der Waals surface area contributed by atoms with Crippen LogP contribution in [0.25, 0.3) is 0 Å². The van der Waals surface area contributed by atoms with E-state index in [-0.39, 0.29) is 15.5 Å². The third-order valence-corrected chi connectivity index (χ3v) is 8.23. The Balaban J connectivity index is 2.07. The van der Waals surface area contributed by atoms with Crippen molar-refractivity contribution in [1.82, 2.24) is 0 Å². The minimum atomic E-state index is -0.901. The molecule has 0 aromatic heterocycles. The van der Waals surface area contributed by atoms with Crippen molar-refractivity contribution < 1.29 is 19.1 Å². The first-order valence-electron chi connectivity index (χ1n) is 11.8. The number of hydrogen-bond donors (Lipinski definition) is 0. The van der Waals surface area contributed by atoms with Crippen molar-refractivity contribution in [2.24, 2.45) is 0 Å². The highest BCUT2D eigenvalue weighted by Crippen LogP contribution is 2.41. The van der Waals surface area contributed by atoms with Crippen molar-refractivity contribution in [3.8, 4) is 5.75 Å². The fourth-order valence-corrected chi connectivity index (χ4v) is 5.64. The van der Waals surface area contributed by atoms with Gasteiger partial charge in [0, 0.05) is 23.8 Å². The molecular weight excluding hydrogens is 476 g/mol. The highest BCUT2D eigenvalue weighted by Gasteiger charge is 2.38. The van der Waals surface area contributed by atoms with Gasteiger partial charge in [-0.15, -0.1) is 0 Å². The molecule has 3 aromatic carbocycles. The van der Waals surface area contributed by atoms with E-state index in [0.29, 0.717) is 25.2 Å². The molecule has 0 spiro atoms. The van der Waals surface area contributed by atoms with Gasteiger partial charge in [-0.1, -0.05) is 110 Å². The highest BCUT2D eigenvalue weighted by atomic mass is 32.2. The quantitative estimate of drug-likeness (QED) is 0.253. The Kier molecular flexibility index (Phi) is 10.5. The number of carbonyl (C=O) groups is 2. The second-order valence-corrected chi connectivity index (χ2v) is 10.4. The van der Waals surface area contributed by atoms with Crippen LogP contribution in [0.5, 0.6) is 5.75 Å². The summed E-state index contributed by atoms with van der Waals surface area (Å²) in [5.74, 6) is 1.28. The van der Waals surface area contributed by atoms with Gasteiger partial charge >= 0.3 is 0 Å². The van der Waals surface area contributed by atoms with E-state index in [4.69, 9.17) is 9.47 Å². The highest BCUT2D eigenvalue weighted by molar-refractivity contribution is 8.17. The maximum absolute atomic E-state index is 12.3. The molecular formula is C29H32O4S2. The number of hydrogen-bond acceptors (Lipinski definition) is 6. The molecule has 0 saturated carbocycles. The Morgan fingerprint density at radius 1 is 0.771 bits per heavy atom. The number of benzene rings is 3. The topological polar surface area (TPSA) is 52.6 Å². The van der Waals surface area contributed by atoms with Crippen LogP contribution >= 0.6 is 23.5 Å². The average Bonchev–Trinajstić information content (AvgIpc) is 2.93. The van der Waals surface area contributed by atoms with Crippen LogP contribution in [0.15, 0.2) is 84.9 Å². The number of rotatable bonds is 12. The van der Waals surface area contributed by atoms with Crippen LogP contribution in [0.2, 0.25) is 0 Å². The Bertz CT molecular complexity index is 1030. The largest absolute Gasteiger partial charge is 0.497 e. The van der Waals surface area contributed by atoms with Gasteiger partial charge in [-0.25, -0.2) is 0 Å². The minimum Gasteiger partial charge on any atom is -0.497 e. The predicted octanol–water partition coefficient (Wildman–Crippen LogP) is 6.71. The number of methoxy groups -OCH3 is 1. The monoisotopic (exact) mass is 508 g/mol. The van der Waals surface area contributed by atoms with Crippen LogP contribution < -0.4 is 4.74 Å². The lowest BCUT2D eigenvalue weighted by Gasteiger charge is -2.37. The first-order chi connectivity index (χ1) is 17.0. The lowest BCUT2D eigenvalue weighted by Crippen LogP contribution is -2.36. The van der Waals surface area contributed by atoms with Crippen molar-refractivity contribution in [2.45, 2.75) is 37.5 Å².